The van der Waals surface area contributed by atoms with Crippen molar-refractivity contribution in [2.75, 3.05) is 5.73 Å². The lowest BCUT2D eigenvalue weighted by Gasteiger charge is -2.02. The summed E-state index contributed by atoms with van der Waals surface area (Å²) < 4.78 is 5.34. The highest BCUT2D eigenvalue weighted by atomic mass is 16.3. The van der Waals surface area contributed by atoms with Gasteiger partial charge in [-0.05, 0) is 42.8 Å². The number of nitrogens with two attached hydrogens (primary N) is 1. The van der Waals surface area contributed by atoms with E-state index in [0.717, 1.165) is 16.8 Å². The van der Waals surface area contributed by atoms with E-state index < -0.39 is 0 Å². The monoisotopic (exact) mass is 198 g/mol. The predicted octanol–water partition coefficient (Wildman–Crippen LogP) is 2.71. The van der Waals surface area contributed by atoms with Crippen molar-refractivity contribution < 1.29 is 4.42 Å². The Hall–Kier alpha value is -2.21. The number of rotatable bonds is 1. The molecule has 3 nitrogen and oxygen atoms in total. The molecule has 0 amide bonds. The summed E-state index contributed by atoms with van der Waals surface area (Å²) in [6, 6.07) is 11.0. The SMILES string of the molecule is Cc1cc(N)ccc1-c1ccc(C#N)o1. The van der Waals surface area contributed by atoms with E-state index in [1.54, 1.807) is 12.1 Å². The number of nitriles is 1. The van der Waals surface area contributed by atoms with Crippen LogP contribution in [0, 0.1) is 18.3 Å². The van der Waals surface area contributed by atoms with Crippen molar-refractivity contribution in [3.8, 4) is 17.4 Å². The van der Waals surface area contributed by atoms with Gasteiger partial charge < -0.3 is 10.2 Å². The van der Waals surface area contributed by atoms with E-state index in [2.05, 4.69) is 0 Å². The molecule has 0 atom stereocenters. The Morgan fingerprint density at radius 3 is 2.67 bits per heavy atom. The second kappa shape index (κ2) is 3.50. The molecule has 1 aromatic heterocycles. The Balaban J connectivity index is 2.50. The van der Waals surface area contributed by atoms with E-state index >= 15 is 0 Å². The lowest BCUT2D eigenvalue weighted by molar-refractivity contribution is 0.567. The first-order chi connectivity index (χ1) is 7.20. The summed E-state index contributed by atoms with van der Waals surface area (Å²) in [5.41, 5.74) is 8.38. The van der Waals surface area contributed by atoms with Crippen molar-refractivity contribution in [1.29, 1.82) is 5.26 Å². The maximum atomic E-state index is 8.65. The molecule has 2 rings (SSSR count). The molecule has 0 unspecified atom stereocenters. The zero-order chi connectivity index (χ0) is 10.8. The summed E-state index contributed by atoms with van der Waals surface area (Å²) in [4.78, 5) is 0. The molecule has 15 heavy (non-hydrogen) atoms. The topological polar surface area (TPSA) is 63.0 Å². The third-order valence-corrected chi connectivity index (χ3v) is 2.23. The number of nitrogen functional groups attached to an aromatic ring is 1. The number of aryl methyl sites for hydroxylation is 1. The standard InChI is InChI=1S/C12H10N2O/c1-8-6-9(14)2-4-11(8)12-5-3-10(7-13)15-12/h2-6H,14H2,1H3. The normalized spacial score (nSPS) is 9.87. The van der Waals surface area contributed by atoms with Crippen LogP contribution in [0.1, 0.15) is 11.3 Å². The number of anilines is 1. The fourth-order valence-electron chi connectivity index (χ4n) is 1.51. The highest BCUT2D eigenvalue weighted by molar-refractivity contribution is 5.65. The number of hydrogen-bond acceptors (Lipinski definition) is 3. The molecule has 0 radical (unpaired) electrons. The minimum Gasteiger partial charge on any atom is -0.446 e. The van der Waals surface area contributed by atoms with Crippen LogP contribution in [0.3, 0.4) is 0 Å². The van der Waals surface area contributed by atoms with Gasteiger partial charge in [0.15, 0.2) is 0 Å². The molecule has 2 aromatic rings. The molecule has 0 aliphatic carbocycles. The maximum Gasteiger partial charge on any atom is 0.204 e. The summed E-state index contributed by atoms with van der Waals surface area (Å²) in [6.45, 7) is 1.96. The first kappa shape index (κ1) is 9.35. The van der Waals surface area contributed by atoms with Crippen molar-refractivity contribution >= 4 is 5.69 Å². The Morgan fingerprint density at radius 2 is 2.07 bits per heavy atom. The molecule has 0 aliphatic heterocycles. The van der Waals surface area contributed by atoms with Crippen LogP contribution in [-0.4, -0.2) is 0 Å². The van der Waals surface area contributed by atoms with Gasteiger partial charge in [0, 0.05) is 11.3 Å². The van der Waals surface area contributed by atoms with Crippen molar-refractivity contribution in [2.24, 2.45) is 0 Å². The molecule has 0 spiro atoms. The first-order valence-corrected chi connectivity index (χ1v) is 4.57. The largest absolute Gasteiger partial charge is 0.446 e. The van der Waals surface area contributed by atoms with Crippen molar-refractivity contribution in [1.82, 2.24) is 0 Å². The second-order valence-electron chi connectivity index (χ2n) is 3.35. The van der Waals surface area contributed by atoms with Crippen LogP contribution in [0.5, 0.6) is 0 Å². The molecule has 2 N–H and O–H groups in total. The quantitative estimate of drug-likeness (QED) is 0.716. The molecule has 0 saturated carbocycles. The van der Waals surface area contributed by atoms with Gasteiger partial charge in [0.25, 0.3) is 0 Å². The van der Waals surface area contributed by atoms with Crippen LogP contribution in [0.4, 0.5) is 5.69 Å². The van der Waals surface area contributed by atoms with Crippen molar-refractivity contribution in [2.45, 2.75) is 6.92 Å². The predicted molar refractivity (Wildman–Crippen MR) is 58.0 cm³/mol. The van der Waals surface area contributed by atoms with Gasteiger partial charge in [0.1, 0.15) is 11.8 Å². The Kier molecular flexibility index (Phi) is 2.18. The smallest absolute Gasteiger partial charge is 0.204 e. The van der Waals surface area contributed by atoms with Crippen LogP contribution >= 0.6 is 0 Å². The zero-order valence-electron chi connectivity index (χ0n) is 8.32. The molecular formula is C12H10N2O. The minimum absolute atomic E-state index is 0.321. The second-order valence-corrected chi connectivity index (χ2v) is 3.35. The summed E-state index contributed by atoms with van der Waals surface area (Å²) in [6.07, 6.45) is 0. The van der Waals surface area contributed by atoms with Gasteiger partial charge in [-0.25, -0.2) is 0 Å². The van der Waals surface area contributed by atoms with Gasteiger partial charge in [0.2, 0.25) is 5.76 Å². The summed E-state index contributed by atoms with van der Waals surface area (Å²) in [5, 5.41) is 8.65. The van der Waals surface area contributed by atoms with Crippen molar-refractivity contribution in [3.05, 3.63) is 41.7 Å². The third-order valence-electron chi connectivity index (χ3n) is 2.23. The summed E-state index contributed by atoms with van der Waals surface area (Å²) in [7, 11) is 0. The molecule has 0 bridgehead atoms. The summed E-state index contributed by atoms with van der Waals surface area (Å²) in [5.74, 6) is 1.02. The number of hydrogen-bond donors (Lipinski definition) is 1. The molecule has 0 aliphatic rings. The van der Waals surface area contributed by atoms with Crippen LogP contribution in [0.25, 0.3) is 11.3 Å². The van der Waals surface area contributed by atoms with Crippen LogP contribution in [-0.2, 0) is 0 Å². The highest BCUT2D eigenvalue weighted by Gasteiger charge is 2.06. The average Bonchev–Trinajstić information content (AvgIpc) is 2.66. The van der Waals surface area contributed by atoms with Gasteiger partial charge in [-0.1, -0.05) is 0 Å². The molecule has 1 heterocycles. The van der Waals surface area contributed by atoms with Crippen LogP contribution in [0.15, 0.2) is 34.7 Å². The van der Waals surface area contributed by atoms with E-state index in [1.165, 1.54) is 0 Å². The Bertz CT molecular complexity index is 535. The Labute approximate surface area is 87.7 Å². The van der Waals surface area contributed by atoms with Crippen LogP contribution < -0.4 is 5.73 Å². The van der Waals surface area contributed by atoms with Gasteiger partial charge >= 0.3 is 0 Å². The van der Waals surface area contributed by atoms with Gasteiger partial charge in [0.05, 0.1) is 0 Å². The zero-order valence-corrected chi connectivity index (χ0v) is 8.32. The number of furan rings is 1. The Morgan fingerprint density at radius 1 is 1.27 bits per heavy atom. The number of nitrogens with zero attached hydrogens (tertiary/aromatic N) is 1. The number of benzene rings is 1. The maximum absolute atomic E-state index is 8.65. The minimum atomic E-state index is 0.321. The summed E-state index contributed by atoms with van der Waals surface area (Å²) >= 11 is 0. The lowest BCUT2D eigenvalue weighted by Crippen LogP contribution is -1.87. The average molecular weight is 198 g/mol. The molecule has 74 valence electrons. The van der Waals surface area contributed by atoms with Crippen LogP contribution in [0.2, 0.25) is 0 Å². The van der Waals surface area contributed by atoms with E-state index in [9.17, 15) is 0 Å². The van der Waals surface area contributed by atoms with Gasteiger partial charge in [-0.15, -0.1) is 0 Å². The fraction of sp³-hybridized carbons (Fsp3) is 0.0833. The molecular weight excluding hydrogens is 188 g/mol. The van der Waals surface area contributed by atoms with E-state index in [0.29, 0.717) is 11.5 Å². The van der Waals surface area contributed by atoms with Crippen molar-refractivity contribution in [3.63, 3.8) is 0 Å². The van der Waals surface area contributed by atoms with Gasteiger partial charge in [-0.2, -0.15) is 5.26 Å². The lowest BCUT2D eigenvalue weighted by atomic mass is 10.1. The molecule has 0 saturated heterocycles. The van der Waals surface area contributed by atoms with Gasteiger partial charge in [-0.3, -0.25) is 0 Å². The molecule has 1 aromatic carbocycles. The first-order valence-electron chi connectivity index (χ1n) is 4.57. The third kappa shape index (κ3) is 1.70. The highest BCUT2D eigenvalue weighted by Crippen LogP contribution is 2.26. The molecule has 3 heteroatoms. The van der Waals surface area contributed by atoms with E-state index in [-0.39, 0.29) is 0 Å². The van der Waals surface area contributed by atoms with E-state index in [4.69, 9.17) is 15.4 Å². The fourth-order valence-corrected chi connectivity index (χ4v) is 1.51. The van der Waals surface area contributed by atoms with E-state index in [1.807, 2.05) is 31.2 Å². The molecule has 0 fully saturated rings.